The molecule has 1 aliphatic rings. The largest absolute Gasteiger partial charge is 0.336 e. The van der Waals surface area contributed by atoms with Crippen LogP contribution in [0.15, 0.2) is 48.5 Å². The SMILES string of the molecule is O=C(Nc1nc(-c2cccnc2)cs1)C1CN(C(=O)c2cnccn2)C1. The molecule has 130 valence electrons. The van der Waals surface area contributed by atoms with Crippen molar-refractivity contribution in [1.82, 2.24) is 24.8 Å². The van der Waals surface area contributed by atoms with Gasteiger partial charge in [-0.3, -0.25) is 19.6 Å². The zero-order valence-electron chi connectivity index (χ0n) is 13.6. The third-order valence-corrected chi connectivity index (χ3v) is 4.77. The maximum absolute atomic E-state index is 12.3. The zero-order valence-corrected chi connectivity index (χ0v) is 14.4. The topological polar surface area (TPSA) is 101 Å². The Bertz CT molecular complexity index is 925. The summed E-state index contributed by atoms with van der Waals surface area (Å²) in [6.07, 6.45) is 7.83. The van der Waals surface area contributed by atoms with Gasteiger partial charge in [0.2, 0.25) is 5.91 Å². The van der Waals surface area contributed by atoms with Crippen molar-refractivity contribution in [2.75, 3.05) is 18.4 Å². The predicted octanol–water partition coefficient (Wildman–Crippen LogP) is 1.71. The minimum absolute atomic E-state index is 0.139. The van der Waals surface area contributed by atoms with Crippen LogP contribution < -0.4 is 5.32 Å². The molecule has 0 atom stereocenters. The van der Waals surface area contributed by atoms with Gasteiger partial charge in [0.05, 0.1) is 17.8 Å². The number of anilines is 1. The number of aromatic nitrogens is 4. The number of thiazole rings is 1. The van der Waals surface area contributed by atoms with E-state index in [-0.39, 0.29) is 23.4 Å². The van der Waals surface area contributed by atoms with Crippen molar-refractivity contribution in [2.24, 2.45) is 5.92 Å². The minimum atomic E-state index is -0.249. The maximum Gasteiger partial charge on any atom is 0.274 e. The second kappa shape index (κ2) is 6.96. The van der Waals surface area contributed by atoms with E-state index in [4.69, 9.17) is 0 Å². The zero-order chi connectivity index (χ0) is 17.9. The summed E-state index contributed by atoms with van der Waals surface area (Å²) in [5.74, 6) is -0.600. The molecule has 8 nitrogen and oxygen atoms in total. The highest BCUT2D eigenvalue weighted by Crippen LogP contribution is 2.25. The number of hydrogen-bond donors (Lipinski definition) is 1. The molecule has 1 N–H and O–H groups in total. The normalized spacial score (nSPS) is 13.9. The Labute approximate surface area is 153 Å². The van der Waals surface area contributed by atoms with Gasteiger partial charge in [-0.1, -0.05) is 0 Å². The molecule has 4 rings (SSSR count). The predicted molar refractivity (Wildman–Crippen MR) is 95.4 cm³/mol. The Kier molecular flexibility index (Phi) is 4.36. The van der Waals surface area contributed by atoms with Crippen LogP contribution in [0.25, 0.3) is 11.3 Å². The number of carbonyl (C=O) groups is 2. The van der Waals surface area contributed by atoms with Gasteiger partial charge in [0, 0.05) is 48.8 Å². The van der Waals surface area contributed by atoms with Crippen LogP contribution in [0.2, 0.25) is 0 Å². The lowest BCUT2D eigenvalue weighted by atomic mass is 9.99. The van der Waals surface area contributed by atoms with E-state index in [9.17, 15) is 9.59 Å². The van der Waals surface area contributed by atoms with Gasteiger partial charge in [-0.2, -0.15) is 0 Å². The van der Waals surface area contributed by atoms with Gasteiger partial charge in [-0.25, -0.2) is 9.97 Å². The van der Waals surface area contributed by atoms with Gasteiger partial charge < -0.3 is 10.2 Å². The lowest BCUT2D eigenvalue weighted by molar-refractivity contribution is -0.123. The molecule has 1 aliphatic heterocycles. The van der Waals surface area contributed by atoms with Crippen molar-refractivity contribution in [3.63, 3.8) is 0 Å². The van der Waals surface area contributed by atoms with Crippen molar-refractivity contribution in [3.05, 3.63) is 54.2 Å². The Balaban J connectivity index is 1.33. The second-order valence-electron chi connectivity index (χ2n) is 5.77. The van der Waals surface area contributed by atoms with Crippen LogP contribution in [0.3, 0.4) is 0 Å². The standard InChI is InChI=1S/C17H14N6O2S/c24-15(12-8-23(9-12)16(25)13-7-19-4-5-20-13)22-17-21-14(10-26-17)11-2-1-3-18-6-11/h1-7,10,12H,8-9H2,(H,21,22,24). The molecular formula is C17H14N6O2S. The molecule has 0 bridgehead atoms. The molecule has 26 heavy (non-hydrogen) atoms. The maximum atomic E-state index is 12.3. The molecular weight excluding hydrogens is 352 g/mol. The third-order valence-electron chi connectivity index (χ3n) is 4.01. The first-order valence-electron chi connectivity index (χ1n) is 7.93. The fraction of sp³-hybridized carbons (Fsp3) is 0.176. The smallest absolute Gasteiger partial charge is 0.274 e. The summed E-state index contributed by atoms with van der Waals surface area (Å²) in [5, 5.41) is 5.22. The van der Waals surface area contributed by atoms with Crippen LogP contribution in [0, 0.1) is 5.92 Å². The highest BCUT2D eigenvalue weighted by atomic mass is 32.1. The van der Waals surface area contributed by atoms with Crippen molar-refractivity contribution < 1.29 is 9.59 Å². The average Bonchev–Trinajstić information content (AvgIpc) is 3.10. The van der Waals surface area contributed by atoms with E-state index in [0.29, 0.717) is 18.2 Å². The van der Waals surface area contributed by atoms with E-state index in [1.807, 2.05) is 17.5 Å². The first kappa shape index (κ1) is 16.3. The summed E-state index contributed by atoms with van der Waals surface area (Å²) in [6.45, 7) is 0.726. The lowest BCUT2D eigenvalue weighted by Gasteiger charge is -2.37. The third kappa shape index (κ3) is 3.29. The Morgan fingerprint density at radius 3 is 2.73 bits per heavy atom. The number of amides is 2. The molecule has 9 heteroatoms. The molecule has 0 saturated carbocycles. The number of nitrogens with zero attached hydrogens (tertiary/aromatic N) is 5. The van der Waals surface area contributed by atoms with E-state index >= 15 is 0 Å². The minimum Gasteiger partial charge on any atom is -0.336 e. The van der Waals surface area contributed by atoms with Gasteiger partial charge in [-0.05, 0) is 12.1 Å². The van der Waals surface area contributed by atoms with Crippen LogP contribution in [-0.4, -0.2) is 49.7 Å². The molecule has 4 heterocycles. The van der Waals surface area contributed by atoms with Crippen molar-refractivity contribution in [3.8, 4) is 11.3 Å². The van der Waals surface area contributed by atoms with Crippen LogP contribution in [0.1, 0.15) is 10.5 Å². The Morgan fingerprint density at radius 1 is 1.15 bits per heavy atom. The average molecular weight is 366 g/mol. The summed E-state index contributed by atoms with van der Waals surface area (Å²) in [7, 11) is 0. The summed E-state index contributed by atoms with van der Waals surface area (Å²) in [5.41, 5.74) is 1.95. The summed E-state index contributed by atoms with van der Waals surface area (Å²) >= 11 is 1.36. The van der Waals surface area contributed by atoms with Crippen LogP contribution in [0.5, 0.6) is 0 Å². The monoisotopic (exact) mass is 366 g/mol. The van der Waals surface area contributed by atoms with Gasteiger partial charge >= 0.3 is 0 Å². The first-order chi connectivity index (χ1) is 12.7. The van der Waals surface area contributed by atoms with Gasteiger partial charge in [0.15, 0.2) is 5.13 Å². The number of likely N-dealkylation sites (tertiary alicyclic amines) is 1. The van der Waals surface area contributed by atoms with Gasteiger partial charge in [0.25, 0.3) is 5.91 Å². The summed E-state index contributed by atoms with van der Waals surface area (Å²) in [6, 6.07) is 3.75. The van der Waals surface area contributed by atoms with Gasteiger partial charge in [-0.15, -0.1) is 11.3 Å². The number of carbonyl (C=O) groups excluding carboxylic acids is 2. The first-order valence-corrected chi connectivity index (χ1v) is 8.81. The Morgan fingerprint density at radius 2 is 2.00 bits per heavy atom. The molecule has 3 aromatic heterocycles. The molecule has 2 amide bonds. The lowest BCUT2D eigenvalue weighted by Crippen LogP contribution is -2.54. The molecule has 1 fully saturated rings. The molecule has 0 aromatic carbocycles. The summed E-state index contributed by atoms with van der Waals surface area (Å²) in [4.78, 5) is 42.4. The highest BCUT2D eigenvalue weighted by molar-refractivity contribution is 7.14. The second-order valence-corrected chi connectivity index (χ2v) is 6.62. The Hall–Kier alpha value is -3.20. The van der Waals surface area contributed by atoms with Crippen LogP contribution >= 0.6 is 11.3 Å². The quantitative estimate of drug-likeness (QED) is 0.754. The van der Waals surface area contributed by atoms with E-state index < -0.39 is 0 Å². The van der Waals surface area contributed by atoms with E-state index in [1.165, 1.54) is 29.9 Å². The molecule has 1 saturated heterocycles. The highest BCUT2D eigenvalue weighted by Gasteiger charge is 2.36. The fourth-order valence-corrected chi connectivity index (χ4v) is 3.29. The van der Waals surface area contributed by atoms with E-state index in [0.717, 1.165) is 11.3 Å². The number of nitrogens with one attached hydrogen (secondary N) is 1. The molecule has 0 radical (unpaired) electrons. The van der Waals surface area contributed by atoms with E-state index in [2.05, 4.69) is 25.3 Å². The van der Waals surface area contributed by atoms with Crippen molar-refractivity contribution >= 4 is 28.3 Å². The molecule has 0 aliphatic carbocycles. The van der Waals surface area contributed by atoms with Gasteiger partial charge in [0.1, 0.15) is 5.69 Å². The molecule has 0 spiro atoms. The van der Waals surface area contributed by atoms with Crippen LogP contribution in [-0.2, 0) is 4.79 Å². The summed E-state index contributed by atoms with van der Waals surface area (Å²) < 4.78 is 0. The number of pyridine rings is 1. The van der Waals surface area contributed by atoms with Crippen LogP contribution in [0.4, 0.5) is 5.13 Å². The number of hydrogen-bond acceptors (Lipinski definition) is 7. The van der Waals surface area contributed by atoms with Crippen molar-refractivity contribution in [1.29, 1.82) is 0 Å². The molecule has 3 aromatic rings. The van der Waals surface area contributed by atoms with Crippen molar-refractivity contribution in [2.45, 2.75) is 0 Å². The molecule has 0 unspecified atom stereocenters. The fourth-order valence-electron chi connectivity index (χ4n) is 2.57. The number of rotatable bonds is 4. The van der Waals surface area contributed by atoms with E-state index in [1.54, 1.807) is 17.3 Å².